The summed E-state index contributed by atoms with van der Waals surface area (Å²) in [7, 11) is -4.02. The fraction of sp³-hybridized carbons (Fsp3) is 0.433. The Balaban J connectivity index is 1.33. The van der Waals surface area contributed by atoms with E-state index in [0.717, 1.165) is 66.8 Å². The number of aromatic carboxylic acids is 1. The van der Waals surface area contributed by atoms with Gasteiger partial charge >= 0.3 is 5.97 Å². The minimum atomic E-state index is -4.02. The van der Waals surface area contributed by atoms with Gasteiger partial charge in [0, 0.05) is 36.8 Å². The van der Waals surface area contributed by atoms with Crippen LogP contribution >= 0.6 is 11.3 Å². The van der Waals surface area contributed by atoms with E-state index in [1.807, 2.05) is 35.2 Å². The minimum absolute atomic E-state index is 0.0338. The van der Waals surface area contributed by atoms with E-state index < -0.39 is 27.9 Å². The number of pyridine rings is 1. The van der Waals surface area contributed by atoms with Gasteiger partial charge < -0.3 is 20.6 Å². The van der Waals surface area contributed by atoms with E-state index >= 15 is 0 Å². The smallest absolute Gasteiger partial charge is 0.348 e. The Morgan fingerprint density at radius 2 is 1.79 bits per heavy atom. The molecule has 1 amide bonds. The summed E-state index contributed by atoms with van der Waals surface area (Å²) < 4.78 is 28.9. The van der Waals surface area contributed by atoms with Crippen LogP contribution in [0.4, 0.5) is 11.5 Å². The molecule has 0 bridgehead atoms. The average Bonchev–Trinajstić information content (AvgIpc) is 3.65. The third-order valence-electron chi connectivity index (χ3n) is 8.63. The molecular weight excluding hydrogens is 574 g/mol. The number of amides is 1. The number of sulfonamides is 1. The number of anilines is 2. The van der Waals surface area contributed by atoms with Gasteiger partial charge in [-0.3, -0.25) is 4.79 Å². The molecule has 2 atom stereocenters. The molecule has 0 spiro atoms. The molecule has 6 rings (SSSR count). The lowest BCUT2D eigenvalue weighted by Crippen LogP contribution is -2.60. The van der Waals surface area contributed by atoms with E-state index in [1.54, 1.807) is 23.1 Å². The van der Waals surface area contributed by atoms with Crippen molar-refractivity contribution in [3.63, 3.8) is 0 Å². The van der Waals surface area contributed by atoms with Crippen LogP contribution in [0.25, 0.3) is 10.4 Å². The maximum atomic E-state index is 13.9. The van der Waals surface area contributed by atoms with E-state index in [-0.39, 0.29) is 34.8 Å². The molecule has 2 saturated heterocycles. The van der Waals surface area contributed by atoms with E-state index in [4.69, 9.17) is 5.73 Å². The lowest BCUT2D eigenvalue weighted by molar-refractivity contribution is -0.121. The van der Waals surface area contributed by atoms with Crippen molar-refractivity contribution in [2.75, 3.05) is 36.0 Å². The molecule has 1 saturated carbocycles. The number of nitrogens with two attached hydrogens (primary N) is 1. The summed E-state index contributed by atoms with van der Waals surface area (Å²) >= 11 is 1.13. The van der Waals surface area contributed by atoms with Gasteiger partial charge in [0.1, 0.15) is 15.6 Å². The van der Waals surface area contributed by atoms with Gasteiger partial charge in [-0.25, -0.2) is 18.2 Å². The number of carbonyl (C=O) groups is 2. The molecule has 10 nitrogen and oxygen atoms in total. The monoisotopic (exact) mass is 609 g/mol. The predicted molar refractivity (Wildman–Crippen MR) is 162 cm³/mol. The lowest BCUT2D eigenvalue weighted by atomic mass is 9.82. The number of hydrogen-bond acceptors (Lipinski definition) is 8. The topological polar surface area (TPSA) is 137 Å². The van der Waals surface area contributed by atoms with Crippen molar-refractivity contribution in [2.45, 2.75) is 55.5 Å². The molecule has 3 aliphatic rings. The molecule has 2 unspecified atom stereocenters. The van der Waals surface area contributed by atoms with Crippen molar-refractivity contribution < 1.29 is 23.1 Å². The molecule has 0 radical (unpaired) electrons. The second-order valence-electron chi connectivity index (χ2n) is 11.4. The van der Waals surface area contributed by atoms with E-state index in [1.165, 1.54) is 10.5 Å². The number of aromatic nitrogens is 1. The second kappa shape index (κ2) is 11.8. The van der Waals surface area contributed by atoms with Crippen molar-refractivity contribution in [1.82, 2.24) is 9.29 Å². The quantitative estimate of drug-likeness (QED) is 0.410. The number of carbonyl (C=O) groups excluding carboxylic acids is 1. The third kappa shape index (κ3) is 5.56. The molecular formula is C30H35N5O5S2. The largest absolute Gasteiger partial charge is 0.477 e. The van der Waals surface area contributed by atoms with Gasteiger partial charge in [0.25, 0.3) is 0 Å². The summed E-state index contributed by atoms with van der Waals surface area (Å²) in [6, 6.07) is 14.1. The fourth-order valence-electron chi connectivity index (χ4n) is 6.46. The molecule has 3 N–H and O–H groups in total. The van der Waals surface area contributed by atoms with Crippen LogP contribution in [0.2, 0.25) is 0 Å². The first kappa shape index (κ1) is 28.8. The molecule has 1 aromatic carbocycles. The second-order valence-corrected chi connectivity index (χ2v) is 14.4. The summed E-state index contributed by atoms with van der Waals surface area (Å²) in [5.74, 6) is -0.790. The number of thiophene rings is 1. The zero-order valence-electron chi connectivity index (χ0n) is 23.3. The maximum absolute atomic E-state index is 13.9. The van der Waals surface area contributed by atoms with Crippen LogP contribution in [0.15, 0.2) is 59.6 Å². The summed E-state index contributed by atoms with van der Waals surface area (Å²) in [5.41, 5.74) is 7.23. The summed E-state index contributed by atoms with van der Waals surface area (Å²) in [5, 5.41) is 10.1. The molecule has 2 aromatic heterocycles. The highest BCUT2D eigenvalue weighted by atomic mass is 32.2. The van der Waals surface area contributed by atoms with Crippen molar-refractivity contribution in [3.05, 3.63) is 59.6 Å². The highest BCUT2D eigenvalue weighted by molar-refractivity contribution is 7.89. The van der Waals surface area contributed by atoms with Crippen LogP contribution in [0.3, 0.4) is 0 Å². The van der Waals surface area contributed by atoms with Gasteiger partial charge in [-0.2, -0.15) is 4.31 Å². The van der Waals surface area contributed by atoms with Crippen LogP contribution in [0.1, 0.15) is 48.2 Å². The lowest BCUT2D eigenvalue weighted by Gasteiger charge is -2.44. The normalized spacial score (nSPS) is 22.5. The molecule has 3 aromatic rings. The molecule has 12 heteroatoms. The maximum Gasteiger partial charge on any atom is 0.348 e. The van der Waals surface area contributed by atoms with Gasteiger partial charge in [0.05, 0.1) is 18.3 Å². The number of piperazine rings is 1. The van der Waals surface area contributed by atoms with Crippen molar-refractivity contribution in [2.24, 2.45) is 11.7 Å². The summed E-state index contributed by atoms with van der Waals surface area (Å²) in [4.78, 5) is 35.2. The Kier molecular flexibility index (Phi) is 8.05. The van der Waals surface area contributed by atoms with E-state index in [0.29, 0.717) is 18.1 Å². The van der Waals surface area contributed by atoms with E-state index in [2.05, 4.69) is 4.98 Å². The highest BCUT2D eigenvalue weighted by Gasteiger charge is 2.44. The number of carboxylic acids is 1. The van der Waals surface area contributed by atoms with Gasteiger partial charge in [-0.05, 0) is 48.9 Å². The average molecular weight is 610 g/mol. The first-order valence-electron chi connectivity index (χ1n) is 14.4. The Bertz CT molecular complexity index is 1550. The highest BCUT2D eigenvalue weighted by Crippen LogP contribution is 2.42. The standard InChI is InChI=1S/C30H35N5O5S2/c31-22-13-14-33(17-22)27-12-11-23(16-32-27)42(39,40)34-18-25(20-7-3-1-4-8-20)35(28(36)19-34)24-15-26(41-29(24)30(37)38)21-9-5-2-6-10-21/h2,5-6,9-12,15-16,20,22,25H,1,3-4,7-8,13-14,17-19,31H2,(H,37,38). The SMILES string of the molecule is NC1CCN(c2ccc(S(=O)(=O)N3CC(=O)N(c4cc(-c5ccccc5)sc4C(=O)O)C(C4CCCCC4)C3)cn2)C1. The number of nitrogens with zero attached hydrogens (tertiary/aromatic N) is 4. The van der Waals surface area contributed by atoms with Crippen LogP contribution in [-0.4, -0.2) is 73.0 Å². The fourth-order valence-corrected chi connectivity index (χ4v) is 8.80. The van der Waals surface area contributed by atoms with Crippen LogP contribution in [0, 0.1) is 5.92 Å². The minimum Gasteiger partial charge on any atom is -0.477 e. The first-order chi connectivity index (χ1) is 20.2. The number of hydrogen-bond donors (Lipinski definition) is 2. The summed E-state index contributed by atoms with van der Waals surface area (Å²) in [6.45, 7) is 1.17. The van der Waals surface area contributed by atoms with Gasteiger partial charge in [-0.1, -0.05) is 49.6 Å². The van der Waals surface area contributed by atoms with Crippen LogP contribution in [0.5, 0.6) is 0 Å². The van der Waals surface area contributed by atoms with Gasteiger partial charge in [-0.15, -0.1) is 11.3 Å². The van der Waals surface area contributed by atoms with Crippen LogP contribution in [-0.2, 0) is 14.8 Å². The number of rotatable bonds is 7. The third-order valence-corrected chi connectivity index (χ3v) is 11.6. The molecule has 2 aliphatic heterocycles. The zero-order chi connectivity index (χ0) is 29.4. The predicted octanol–water partition coefficient (Wildman–Crippen LogP) is 4.03. The van der Waals surface area contributed by atoms with E-state index in [9.17, 15) is 23.1 Å². The Morgan fingerprint density at radius 3 is 2.43 bits per heavy atom. The molecule has 1 aliphatic carbocycles. The summed E-state index contributed by atoms with van der Waals surface area (Å²) in [6.07, 6.45) is 7.00. The zero-order valence-corrected chi connectivity index (χ0v) is 24.9. The van der Waals surface area contributed by atoms with Crippen molar-refractivity contribution >= 4 is 44.7 Å². The Labute approximate surface area is 249 Å². The molecule has 4 heterocycles. The molecule has 222 valence electrons. The first-order valence-corrected chi connectivity index (χ1v) is 16.7. The van der Waals surface area contributed by atoms with Crippen LogP contribution < -0.4 is 15.5 Å². The van der Waals surface area contributed by atoms with Gasteiger partial charge in [0.15, 0.2) is 0 Å². The molecule has 42 heavy (non-hydrogen) atoms. The number of benzene rings is 1. The van der Waals surface area contributed by atoms with Crippen molar-refractivity contribution in [1.29, 1.82) is 0 Å². The number of carboxylic acid groups (broad SMARTS) is 1. The Hall–Kier alpha value is -3.32. The molecule has 3 fully saturated rings. The van der Waals surface area contributed by atoms with Crippen molar-refractivity contribution in [3.8, 4) is 10.4 Å². The Morgan fingerprint density at radius 1 is 1.02 bits per heavy atom. The van der Waals surface area contributed by atoms with Gasteiger partial charge in [0.2, 0.25) is 15.9 Å².